The highest BCUT2D eigenvalue weighted by Crippen LogP contribution is 2.25. The van der Waals surface area contributed by atoms with Gasteiger partial charge in [0.15, 0.2) is 4.80 Å². The molecule has 0 unspecified atom stereocenters. The van der Waals surface area contributed by atoms with E-state index < -0.39 is 15.8 Å². The standard InChI is InChI=1S/C20H19BrFN3O3S2/c1-24-17-7-2-14(21)12-18(17)29-20(24)23-19(26)13-8-10-25(11-9-13)30(27,28)16-5-3-15(22)4-6-16/h2-7,12-13H,8-11H2,1H3. The average Bonchev–Trinajstić information content (AvgIpc) is 3.03. The van der Waals surface area contributed by atoms with Crippen LogP contribution in [0, 0.1) is 11.7 Å². The highest BCUT2D eigenvalue weighted by atomic mass is 79.9. The van der Waals surface area contributed by atoms with Crippen molar-refractivity contribution in [2.24, 2.45) is 18.0 Å². The van der Waals surface area contributed by atoms with E-state index in [0.717, 1.165) is 26.8 Å². The molecular formula is C20H19BrFN3O3S2. The number of fused-ring (bicyclic) bond motifs is 1. The first-order chi connectivity index (χ1) is 14.3. The predicted molar refractivity (Wildman–Crippen MR) is 117 cm³/mol. The van der Waals surface area contributed by atoms with E-state index in [-0.39, 0.29) is 29.8 Å². The van der Waals surface area contributed by atoms with Crippen LogP contribution in [-0.2, 0) is 21.9 Å². The first-order valence-electron chi connectivity index (χ1n) is 9.35. The summed E-state index contributed by atoms with van der Waals surface area (Å²) in [7, 11) is -1.82. The molecule has 0 radical (unpaired) electrons. The summed E-state index contributed by atoms with van der Waals surface area (Å²) in [5.74, 6) is -1.03. The van der Waals surface area contributed by atoms with Crippen molar-refractivity contribution < 1.29 is 17.6 Å². The molecule has 0 spiro atoms. The van der Waals surface area contributed by atoms with Gasteiger partial charge in [-0.15, -0.1) is 0 Å². The van der Waals surface area contributed by atoms with Gasteiger partial charge < -0.3 is 4.57 Å². The molecule has 2 aromatic carbocycles. The molecule has 1 aliphatic heterocycles. The Morgan fingerprint density at radius 1 is 1.17 bits per heavy atom. The number of nitrogens with zero attached hydrogens (tertiary/aromatic N) is 3. The zero-order chi connectivity index (χ0) is 21.5. The molecule has 30 heavy (non-hydrogen) atoms. The first-order valence-corrected chi connectivity index (χ1v) is 12.4. The molecule has 1 fully saturated rings. The molecule has 1 amide bonds. The lowest BCUT2D eigenvalue weighted by Crippen LogP contribution is -2.40. The van der Waals surface area contributed by atoms with Crippen LogP contribution in [-0.4, -0.2) is 36.3 Å². The lowest BCUT2D eigenvalue weighted by Gasteiger charge is -2.29. The van der Waals surface area contributed by atoms with Gasteiger partial charge in [-0.25, -0.2) is 12.8 Å². The van der Waals surface area contributed by atoms with Gasteiger partial charge in [-0.1, -0.05) is 27.3 Å². The van der Waals surface area contributed by atoms with E-state index in [0.29, 0.717) is 17.6 Å². The Morgan fingerprint density at radius 2 is 1.83 bits per heavy atom. The van der Waals surface area contributed by atoms with Crippen molar-refractivity contribution in [2.75, 3.05) is 13.1 Å². The zero-order valence-corrected chi connectivity index (χ0v) is 19.3. The molecule has 10 heteroatoms. The number of rotatable bonds is 3. The molecule has 2 heterocycles. The number of halogens is 2. The Labute approximate surface area is 185 Å². The minimum absolute atomic E-state index is 0.0572. The van der Waals surface area contributed by atoms with Crippen LogP contribution in [0.5, 0.6) is 0 Å². The predicted octanol–water partition coefficient (Wildman–Crippen LogP) is 3.67. The van der Waals surface area contributed by atoms with Crippen LogP contribution in [0.2, 0.25) is 0 Å². The third-order valence-electron chi connectivity index (χ3n) is 5.23. The van der Waals surface area contributed by atoms with Gasteiger partial charge in [0, 0.05) is 30.5 Å². The van der Waals surface area contributed by atoms with Gasteiger partial charge in [-0.2, -0.15) is 9.30 Å². The minimum Gasteiger partial charge on any atom is -0.319 e. The maximum Gasteiger partial charge on any atom is 0.251 e. The third kappa shape index (κ3) is 4.14. The number of carbonyl (C=O) groups is 1. The highest BCUT2D eigenvalue weighted by molar-refractivity contribution is 9.10. The Balaban J connectivity index is 1.49. The fraction of sp³-hybridized carbons (Fsp3) is 0.300. The quantitative estimate of drug-likeness (QED) is 0.538. The van der Waals surface area contributed by atoms with Crippen molar-refractivity contribution >= 4 is 53.4 Å². The second-order valence-electron chi connectivity index (χ2n) is 7.14. The van der Waals surface area contributed by atoms with Crippen molar-refractivity contribution in [1.82, 2.24) is 8.87 Å². The fourth-order valence-electron chi connectivity index (χ4n) is 3.50. The first kappa shape index (κ1) is 21.4. The number of benzene rings is 2. The van der Waals surface area contributed by atoms with Gasteiger partial charge in [-0.05, 0) is 55.3 Å². The maximum absolute atomic E-state index is 13.1. The normalized spacial score (nSPS) is 17.0. The highest BCUT2D eigenvalue weighted by Gasteiger charge is 2.32. The number of hydrogen-bond donors (Lipinski definition) is 0. The lowest BCUT2D eigenvalue weighted by molar-refractivity contribution is -0.122. The number of sulfonamides is 1. The molecule has 0 saturated carbocycles. The topological polar surface area (TPSA) is 71.7 Å². The van der Waals surface area contributed by atoms with Crippen molar-refractivity contribution in [2.45, 2.75) is 17.7 Å². The molecule has 4 rings (SSSR count). The Hall–Kier alpha value is -1.88. The molecule has 0 atom stereocenters. The van der Waals surface area contributed by atoms with Crippen LogP contribution in [0.15, 0.2) is 56.8 Å². The molecular weight excluding hydrogens is 493 g/mol. The molecule has 158 valence electrons. The van der Waals surface area contributed by atoms with E-state index in [1.54, 1.807) is 0 Å². The Bertz CT molecular complexity index is 1270. The SMILES string of the molecule is Cn1c(=NC(=O)C2CCN(S(=O)(=O)c3ccc(F)cc3)CC2)sc2cc(Br)ccc21. The number of aryl methyl sites for hydroxylation is 1. The van der Waals surface area contributed by atoms with Gasteiger partial charge >= 0.3 is 0 Å². The van der Waals surface area contributed by atoms with Gasteiger partial charge in [0.1, 0.15) is 5.82 Å². The maximum atomic E-state index is 13.1. The second kappa shape index (κ2) is 8.33. The number of piperidine rings is 1. The van der Waals surface area contributed by atoms with Crippen LogP contribution in [0.25, 0.3) is 10.2 Å². The van der Waals surface area contributed by atoms with E-state index in [9.17, 15) is 17.6 Å². The van der Waals surface area contributed by atoms with Crippen molar-refractivity contribution in [1.29, 1.82) is 0 Å². The lowest BCUT2D eigenvalue weighted by atomic mass is 9.98. The summed E-state index contributed by atoms with van der Waals surface area (Å²) in [5.41, 5.74) is 0.995. The fourth-order valence-corrected chi connectivity index (χ4v) is 6.54. The van der Waals surface area contributed by atoms with E-state index >= 15 is 0 Å². The van der Waals surface area contributed by atoms with Gasteiger partial charge in [-0.3, -0.25) is 4.79 Å². The summed E-state index contributed by atoms with van der Waals surface area (Å²) in [5, 5.41) is 0. The third-order valence-corrected chi connectivity index (χ3v) is 8.73. The summed E-state index contributed by atoms with van der Waals surface area (Å²) < 4.78 is 43.8. The number of aromatic nitrogens is 1. The van der Waals surface area contributed by atoms with Crippen LogP contribution < -0.4 is 4.80 Å². The van der Waals surface area contributed by atoms with Crippen molar-refractivity contribution in [3.05, 3.63) is 57.6 Å². The van der Waals surface area contributed by atoms with E-state index in [1.807, 2.05) is 29.8 Å². The van der Waals surface area contributed by atoms with Crippen LogP contribution in [0.3, 0.4) is 0 Å². The molecule has 3 aromatic rings. The van der Waals surface area contributed by atoms with Crippen molar-refractivity contribution in [3.8, 4) is 0 Å². The van der Waals surface area contributed by atoms with Gasteiger partial charge in [0.05, 0.1) is 15.1 Å². The van der Waals surface area contributed by atoms with E-state index in [4.69, 9.17) is 0 Å². The second-order valence-corrected chi connectivity index (χ2v) is 11.0. The zero-order valence-electron chi connectivity index (χ0n) is 16.1. The average molecular weight is 512 g/mol. The Kier molecular flexibility index (Phi) is 5.93. The van der Waals surface area contributed by atoms with E-state index in [1.165, 1.54) is 27.8 Å². The van der Waals surface area contributed by atoms with Crippen LogP contribution in [0.4, 0.5) is 4.39 Å². The number of thiazole rings is 1. The van der Waals surface area contributed by atoms with Gasteiger partial charge in [0.2, 0.25) is 10.0 Å². The summed E-state index contributed by atoms with van der Waals surface area (Å²) in [4.78, 5) is 17.7. The monoisotopic (exact) mass is 511 g/mol. The molecule has 1 aromatic heterocycles. The molecule has 1 aliphatic rings. The summed E-state index contributed by atoms with van der Waals surface area (Å²) in [6.07, 6.45) is 0.811. The van der Waals surface area contributed by atoms with Crippen molar-refractivity contribution in [3.63, 3.8) is 0 Å². The van der Waals surface area contributed by atoms with Crippen LogP contribution in [0.1, 0.15) is 12.8 Å². The number of hydrogen-bond acceptors (Lipinski definition) is 4. The number of amides is 1. The van der Waals surface area contributed by atoms with E-state index in [2.05, 4.69) is 20.9 Å². The Morgan fingerprint density at radius 3 is 2.50 bits per heavy atom. The molecule has 6 nitrogen and oxygen atoms in total. The molecule has 1 saturated heterocycles. The van der Waals surface area contributed by atoms with Crippen LogP contribution >= 0.6 is 27.3 Å². The smallest absolute Gasteiger partial charge is 0.251 e. The molecule has 0 aliphatic carbocycles. The van der Waals surface area contributed by atoms with Gasteiger partial charge in [0.25, 0.3) is 5.91 Å². The molecule has 0 N–H and O–H groups in total. The summed E-state index contributed by atoms with van der Waals surface area (Å²) >= 11 is 4.89. The number of carbonyl (C=O) groups excluding carboxylic acids is 1. The minimum atomic E-state index is -3.70. The largest absolute Gasteiger partial charge is 0.319 e. The summed E-state index contributed by atoms with van der Waals surface area (Å²) in [6.45, 7) is 0.467. The molecule has 0 bridgehead atoms. The summed E-state index contributed by atoms with van der Waals surface area (Å²) in [6, 6.07) is 10.7.